The molecular formula is C20H24N4O4S. The molecule has 2 heterocycles. The molecule has 0 saturated carbocycles. The zero-order valence-electron chi connectivity index (χ0n) is 16.1. The average Bonchev–Trinajstić information content (AvgIpc) is 3.23. The van der Waals surface area contributed by atoms with E-state index in [4.69, 9.17) is 4.74 Å². The van der Waals surface area contributed by atoms with E-state index in [0.717, 1.165) is 18.0 Å². The summed E-state index contributed by atoms with van der Waals surface area (Å²) < 4.78 is 5.42. The molecule has 1 fully saturated rings. The van der Waals surface area contributed by atoms with Crippen molar-refractivity contribution >= 4 is 40.4 Å². The Bertz CT molecular complexity index is 850. The van der Waals surface area contributed by atoms with Crippen LogP contribution in [0.2, 0.25) is 0 Å². The van der Waals surface area contributed by atoms with Crippen molar-refractivity contribution in [3.8, 4) is 0 Å². The van der Waals surface area contributed by atoms with Gasteiger partial charge in [0.05, 0.1) is 19.3 Å². The molecule has 1 aromatic heterocycles. The van der Waals surface area contributed by atoms with Crippen LogP contribution >= 0.6 is 11.3 Å². The van der Waals surface area contributed by atoms with Gasteiger partial charge in [0.1, 0.15) is 0 Å². The van der Waals surface area contributed by atoms with Crippen molar-refractivity contribution in [1.29, 1.82) is 0 Å². The first-order valence-corrected chi connectivity index (χ1v) is 10.2. The number of ether oxygens (including phenoxy) is 1. The fraction of sp³-hybridized carbons (Fsp3) is 0.350. The second-order valence-corrected chi connectivity index (χ2v) is 7.58. The van der Waals surface area contributed by atoms with E-state index in [0.29, 0.717) is 31.1 Å². The smallest absolute Gasteiger partial charge is 0.313 e. The quantitative estimate of drug-likeness (QED) is 0.624. The third-order valence-corrected chi connectivity index (χ3v) is 5.43. The predicted molar refractivity (Wildman–Crippen MR) is 112 cm³/mol. The number of hydrogen-bond donors (Lipinski definition) is 3. The first-order valence-electron chi connectivity index (χ1n) is 9.35. The summed E-state index contributed by atoms with van der Waals surface area (Å²) in [5.74, 6) is -1.67. The molecule has 1 aliphatic rings. The van der Waals surface area contributed by atoms with Gasteiger partial charge in [0.25, 0.3) is 0 Å². The third-order valence-electron chi connectivity index (χ3n) is 4.46. The minimum absolute atomic E-state index is 0.00116. The first kappa shape index (κ1) is 21.0. The van der Waals surface area contributed by atoms with Gasteiger partial charge in [0, 0.05) is 42.8 Å². The molecule has 0 aliphatic carbocycles. The maximum Gasteiger partial charge on any atom is 0.313 e. The summed E-state index contributed by atoms with van der Waals surface area (Å²) in [5, 5.41) is 9.93. The van der Waals surface area contributed by atoms with Crippen LogP contribution in [0, 0.1) is 0 Å². The van der Waals surface area contributed by atoms with Crippen LogP contribution in [0.4, 0.5) is 11.4 Å². The number of nitrogens with zero attached hydrogens (tertiary/aromatic N) is 1. The van der Waals surface area contributed by atoms with Crippen molar-refractivity contribution in [3.05, 3.63) is 46.7 Å². The van der Waals surface area contributed by atoms with E-state index in [-0.39, 0.29) is 11.9 Å². The van der Waals surface area contributed by atoms with Gasteiger partial charge in [-0.15, -0.1) is 11.3 Å². The minimum Gasteiger partial charge on any atom is -0.379 e. The highest BCUT2D eigenvalue weighted by molar-refractivity contribution is 7.10. The van der Waals surface area contributed by atoms with Gasteiger partial charge in [-0.25, -0.2) is 0 Å². The lowest BCUT2D eigenvalue weighted by atomic mass is 10.2. The van der Waals surface area contributed by atoms with Gasteiger partial charge in [0.15, 0.2) is 0 Å². The topological polar surface area (TPSA) is 99.8 Å². The molecule has 3 N–H and O–H groups in total. The van der Waals surface area contributed by atoms with E-state index < -0.39 is 11.8 Å². The lowest BCUT2D eigenvalue weighted by Crippen LogP contribution is -2.45. The van der Waals surface area contributed by atoms with Crippen LogP contribution < -0.4 is 16.0 Å². The van der Waals surface area contributed by atoms with Gasteiger partial charge in [0.2, 0.25) is 5.91 Å². The van der Waals surface area contributed by atoms with Crippen molar-refractivity contribution in [1.82, 2.24) is 10.2 Å². The molecule has 0 radical (unpaired) electrons. The van der Waals surface area contributed by atoms with E-state index in [1.165, 1.54) is 6.92 Å². The van der Waals surface area contributed by atoms with Gasteiger partial charge < -0.3 is 20.7 Å². The van der Waals surface area contributed by atoms with Gasteiger partial charge in [-0.2, -0.15) is 0 Å². The molecule has 1 saturated heterocycles. The lowest BCUT2D eigenvalue weighted by molar-refractivity contribution is -0.136. The monoisotopic (exact) mass is 416 g/mol. The number of benzene rings is 1. The molecule has 8 nitrogen and oxygen atoms in total. The Morgan fingerprint density at radius 1 is 1.07 bits per heavy atom. The molecule has 2 aromatic rings. The summed E-state index contributed by atoms with van der Waals surface area (Å²) >= 11 is 1.62. The van der Waals surface area contributed by atoms with Crippen LogP contribution in [-0.4, -0.2) is 55.5 Å². The van der Waals surface area contributed by atoms with E-state index in [1.54, 1.807) is 35.6 Å². The number of amides is 3. The third kappa shape index (κ3) is 6.11. The molecule has 1 atom stereocenters. The second kappa shape index (κ2) is 10.1. The molecule has 3 rings (SSSR count). The standard InChI is InChI=1S/C20H24N4O4S/c1-14(25)22-15-4-2-5-16(12-15)23-20(27)19(26)21-13-17(18-6-3-11-29-18)24-7-9-28-10-8-24/h2-6,11-12,17H,7-10,13H2,1H3,(H,21,26)(H,22,25)(H,23,27). The Morgan fingerprint density at radius 3 is 2.45 bits per heavy atom. The van der Waals surface area contributed by atoms with Gasteiger partial charge in [-0.05, 0) is 29.6 Å². The van der Waals surface area contributed by atoms with E-state index in [2.05, 4.69) is 20.9 Å². The van der Waals surface area contributed by atoms with E-state index >= 15 is 0 Å². The van der Waals surface area contributed by atoms with Crippen LogP contribution in [0.25, 0.3) is 0 Å². The molecule has 29 heavy (non-hydrogen) atoms. The summed E-state index contributed by atoms with van der Waals surface area (Å²) in [7, 11) is 0. The number of rotatable bonds is 6. The van der Waals surface area contributed by atoms with Crippen LogP contribution in [0.15, 0.2) is 41.8 Å². The Morgan fingerprint density at radius 2 is 1.79 bits per heavy atom. The fourth-order valence-corrected chi connectivity index (χ4v) is 3.98. The summed E-state index contributed by atoms with van der Waals surface area (Å²) in [6.07, 6.45) is 0. The molecule has 154 valence electrons. The van der Waals surface area contributed by atoms with E-state index in [9.17, 15) is 14.4 Å². The normalized spacial score (nSPS) is 15.3. The summed E-state index contributed by atoms with van der Waals surface area (Å²) in [6.45, 7) is 4.60. The fourth-order valence-electron chi connectivity index (χ4n) is 3.12. The van der Waals surface area contributed by atoms with Crippen LogP contribution in [0.5, 0.6) is 0 Å². The maximum absolute atomic E-state index is 12.3. The average molecular weight is 417 g/mol. The van der Waals surface area contributed by atoms with Crippen molar-refractivity contribution in [3.63, 3.8) is 0 Å². The van der Waals surface area contributed by atoms with Gasteiger partial charge in [-0.1, -0.05) is 12.1 Å². The van der Waals surface area contributed by atoms with Crippen molar-refractivity contribution in [2.24, 2.45) is 0 Å². The molecule has 1 unspecified atom stereocenters. The first-order chi connectivity index (χ1) is 14.0. The van der Waals surface area contributed by atoms with Crippen LogP contribution in [-0.2, 0) is 19.1 Å². The largest absolute Gasteiger partial charge is 0.379 e. The number of morpholine rings is 1. The number of anilines is 2. The molecule has 0 spiro atoms. The van der Waals surface area contributed by atoms with Crippen molar-refractivity contribution in [2.75, 3.05) is 43.5 Å². The minimum atomic E-state index is -0.753. The number of nitrogens with one attached hydrogen (secondary N) is 3. The number of carbonyl (C=O) groups is 3. The van der Waals surface area contributed by atoms with Crippen LogP contribution in [0.1, 0.15) is 17.8 Å². The Kier molecular flexibility index (Phi) is 7.34. The summed E-state index contributed by atoms with van der Waals surface area (Å²) in [5.41, 5.74) is 0.972. The molecule has 1 aliphatic heterocycles. The molecule has 3 amide bonds. The Hall–Kier alpha value is -2.75. The summed E-state index contributed by atoms with van der Waals surface area (Å²) in [6, 6.07) is 10.6. The zero-order chi connectivity index (χ0) is 20.6. The summed E-state index contributed by atoms with van der Waals surface area (Å²) in [4.78, 5) is 39.2. The van der Waals surface area contributed by atoms with E-state index in [1.807, 2.05) is 17.5 Å². The molecule has 1 aromatic carbocycles. The van der Waals surface area contributed by atoms with Gasteiger partial charge in [-0.3, -0.25) is 19.3 Å². The number of carbonyl (C=O) groups excluding carboxylic acids is 3. The molecular weight excluding hydrogens is 392 g/mol. The highest BCUT2D eigenvalue weighted by Gasteiger charge is 2.25. The van der Waals surface area contributed by atoms with Gasteiger partial charge >= 0.3 is 11.8 Å². The maximum atomic E-state index is 12.3. The molecule has 0 bridgehead atoms. The lowest BCUT2D eigenvalue weighted by Gasteiger charge is -2.34. The molecule has 9 heteroatoms. The van der Waals surface area contributed by atoms with Crippen molar-refractivity contribution in [2.45, 2.75) is 13.0 Å². The number of hydrogen-bond acceptors (Lipinski definition) is 6. The predicted octanol–water partition coefficient (Wildman–Crippen LogP) is 1.83. The Balaban J connectivity index is 1.58. The Labute approximate surface area is 173 Å². The SMILES string of the molecule is CC(=O)Nc1cccc(NC(=O)C(=O)NCC(c2cccs2)N2CCOCC2)c1. The number of thiophene rings is 1. The zero-order valence-corrected chi connectivity index (χ0v) is 17.0. The highest BCUT2D eigenvalue weighted by Crippen LogP contribution is 2.25. The highest BCUT2D eigenvalue weighted by atomic mass is 32.1. The van der Waals surface area contributed by atoms with Crippen molar-refractivity contribution < 1.29 is 19.1 Å². The van der Waals surface area contributed by atoms with Crippen LogP contribution in [0.3, 0.4) is 0 Å². The second-order valence-electron chi connectivity index (χ2n) is 6.61.